The van der Waals surface area contributed by atoms with Crippen molar-refractivity contribution in [1.29, 1.82) is 0 Å². The molecule has 2 N–H and O–H groups in total. The molecule has 2 heterocycles. The number of hydrogen-bond acceptors (Lipinski definition) is 4. The van der Waals surface area contributed by atoms with Crippen LogP contribution in [0.3, 0.4) is 0 Å². The fourth-order valence-electron chi connectivity index (χ4n) is 2.11. The minimum Gasteiger partial charge on any atom is -0.392 e. The molecule has 0 radical (unpaired) electrons. The molecular weight excluding hydrogens is 216 g/mol. The molecule has 4 nitrogen and oxygen atoms in total. The molecule has 1 aliphatic rings. The molecule has 90 valence electrons. The first-order valence-electron chi connectivity index (χ1n) is 5.69. The standard InChI is InChI=1S/C13H16N2O2/c1-9(12-3-2-5-14-12)10-4-6-15-13(8-17)11(10)7-16/h3-6,9,16-17H,2,7-8H2,1H3. The van der Waals surface area contributed by atoms with E-state index >= 15 is 0 Å². The van der Waals surface area contributed by atoms with E-state index < -0.39 is 0 Å². The number of rotatable bonds is 4. The first-order chi connectivity index (χ1) is 8.27. The van der Waals surface area contributed by atoms with Gasteiger partial charge in [0, 0.05) is 36.0 Å². The van der Waals surface area contributed by atoms with E-state index in [1.807, 2.05) is 19.2 Å². The predicted molar refractivity (Wildman–Crippen MR) is 65.7 cm³/mol. The molecule has 1 unspecified atom stereocenters. The molecule has 1 aromatic rings. The van der Waals surface area contributed by atoms with Crippen LogP contribution in [0.1, 0.15) is 36.1 Å². The van der Waals surface area contributed by atoms with Crippen molar-refractivity contribution in [1.82, 2.24) is 4.98 Å². The van der Waals surface area contributed by atoms with E-state index in [2.05, 4.69) is 16.1 Å². The Labute approximate surface area is 100 Å². The third kappa shape index (κ3) is 2.28. The molecule has 0 saturated carbocycles. The van der Waals surface area contributed by atoms with Crippen LogP contribution < -0.4 is 0 Å². The highest BCUT2D eigenvalue weighted by atomic mass is 16.3. The van der Waals surface area contributed by atoms with Crippen LogP contribution in [0, 0.1) is 0 Å². The van der Waals surface area contributed by atoms with Gasteiger partial charge in [-0.3, -0.25) is 9.98 Å². The molecule has 0 amide bonds. The van der Waals surface area contributed by atoms with Crippen molar-refractivity contribution in [3.05, 3.63) is 40.9 Å². The first-order valence-corrected chi connectivity index (χ1v) is 5.69. The fraction of sp³-hybridized carbons (Fsp3) is 0.385. The summed E-state index contributed by atoms with van der Waals surface area (Å²) in [6, 6.07) is 1.88. The summed E-state index contributed by atoms with van der Waals surface area (Å²) in [6.07, 6.45) is 6.48. The number of nitrogens with zero attached hydrogens (tertiary/aromatic N) is 2. The van der Waals surface area contributed by atoms with Crippen molar-refractivity contribution >= 4 is 6.21 Å². The Morgan fingerprint density at radius 3 is 2.76 bits per heavy atom. The van der Waals surface area contributed by atoms with Crippen LogP contribution >= 0.6 is 0 Å². The molecule has 0 bridgehead atoms. The average Bonchev–Trinajstić information content (AvgIpc) is 2.90. The zero-order chi connectivity index (χ0) is 12.3. The van der Waals surface area contributed by atoms with Crippen molar-refractivity contribution in [2.24, 2.45) is 4.99 Å². The summed E-state index contributed by atoms with van der Waals surface area (Å²) >= 11 is 0. The second-order valence-electron chi connectivity index (χ2n) is 4.04. The van der Waals surface area contributed by atoms with E-state index in [4.69, 9.17) is 0 Å². The minimum atomic E-state index is -0.154. The summed E-state index contributed by atoms with van der Waals surface area (Å²) < 4.78 is 0. The molecule has 0 aromatic carbocycles. The number of allylic oxidation sites excluding steroid dienone is 2. The summed E-state index contributed by atoms with van der Waals surface area (Å²) in [6.45, 7) is 1.78. The van der Waals surface area contributed by atoms with Gasteiger partial charge in [-0.15, -0.1) is 0 Å². The average molecular weight is 232 g/mol. The van der Waals surface area contributed by atoms with E-state index in [0.29, 0.717) is 11.3 Å². The minimum absolute atomic E-state index is 0.111. The molecule has 1 atom stereocenters. The number of aliphatic hydroxyl groups is 2. The summed E-state index contributed by atoms with van der Waals surface area (Å²) in [5.41, 5.74) is 3.25. The number of aliphatic hydroxyl groups excluding tert-OH is 2. The van der Waals surface area contributed by atoms with E-state index in [1.165, 1.54) is 0 Å². The van der Waals surface area contributed by atoms with Gasteiger partial charge in [-0.05, 0) is 11.6 Å². The maximum Gasteiger partial charge on any atom is 0.0856 e. The van der Waals surface area contributed by atoms with Gasteiger partial charge in [0.2, 0.25) is 0 Å². The Bertz CT molecular complexity index is 466. The Kier molecular flexibility index (Phi) is 3.66. The summed E-state index contributed by atoms with van der Waals surface area (Å²) in [5, 5.41) is 18.6. The topological polar surface area (TPSA) is 65.7 Å². The van der Waals surface area contributed by atoms with Crippen molar-refractivity contribution in [3.63, 3.8) is 0 Å². The molecule has 0 fully saturated rings. The van der Waals surface area contributed by atoms with E-state index in [-0.39, 0.29) is 19.1 Å². The Balaban J connectivity index is 2.40. The van der Waals surface area contributed by atoms with Gasteiger partial charge in [0.1, 0.15) is 0 Å². The molecule has 2 rings (SSSR count). The van der Waals surface area contributed by atoms with Crippen molar-refractivity contribution in [2.75, 3.05) is 0 Å². The third-order valence-electron chi connectivity index (χ3n) is 3.07. The Morgan fingerprint density at radius 1 is 1.35 bits per heavy atom. The van der Waals surface area contributed by atoms with Crippen LogP contribution in [-0.2, 0) is 13.2 Å². The van der Waals surface area contributed by atoms with Gasteiger partial charge in [-0.2, -0.15) is 0 Å². The van der Waals surface area contributed by atoms with Gasteiger partial charge in [0.15, 0.2) is 0 Å². The number of aliphatic imine (C=N–C) groups is 1. The highest BCUT2D eigenvalue weighted by Crippen LogP contribution is 2.30. The summed E-state index contributed by atoms with van der Waals surface area (Å²) in [7, 11) is 0. The van der Waals surface area contributed by atoms with E-state index in [9.17, 15) is 10.2 Å². The van der Waals surface area contributed by atoms with Gasteiger partial charge in [-0.1, -0.05) is 13.0 Å². The van der Waals surface area contributed by atoms with Crippen LogP contribution in [0.4, 0.5) is 0 Å². The fourth-order valence-corrected chi connectivity index (χ4v) is 2.11. The molecular formula is C13H16N2O2. The van der Waals surface area contributed by atoms with Crippen molar-refractivity contribution in [2.45, 2.75) is 32.5 Å². The van der Waals surface area contributed by atoms with E-state index in [1.54, 1.807) is 6.20 Å². The maximum absolute atomic E-state index is 9.41. The normalized spacial score (nSPS) is 16.1. The second-order valence-corrected chi connectivity index (χ2v) is 4.04. The molecule has 0 spiro atoms. The largest absolute Gasteiger partial charge is 0.392 e. The van der Waals surface area contributed by atoms with Gasteiger partial charge in [0.05, 0.1) is 18.9 Å². The van der Waals surface area contributed by atoms with Crippen LogP contribution in [0.25, 0.3) is 0 Å². The smallest absolute Gasteiger partial charge is 0.0856 e. The van der Waals surface area contributed by atoms with Crippen molar-refractivity contribution < 1.29 is 10.2 Å². The SMILES string of the molecule is CC(C1=CCC=N1)c1ccnc(CO)c1CO. The van der Waals surface area contributed by atoms with Gasteiger partial charge < -0.3 is 10.2 Å². The highest BCUT2D eigenvalue weighted by Gasteiger charge is 2.18. The Morgan fingerprint density at radius 2 is 2.18 bits per heavy atom. The van der Waals surface area contributed by atoms with Crippen LogP contribution in [0.15, 0.2) is 29.0 Å². The molecule has 0 aliphatic carbocycles. The molecule has 0 saturated heterocycles. The van der Waals surface area contributed by atoms with Crippen molar-refractivity contribution in [3.8, 4) is 0 Å². The quantitative estimate of drug-likeness (QED) is 0.827. The van der Waals surface area contributed by atoms with Crippen LogP contribution in [0.2, 0.25) is 0 Å². The van der Waals surface area contributed by atoms with Gasteiger partial charge in [-0.25, -0.2) is 0 Å². The highest BCUT2D eigenvalue weighted by molar-refractivity contribution is 5.65. The molecule has 4 heteroatoms. The van der Waals surface area contributed by atoms with Crippen LogP contribution in [0.5, 0.6) is 0 Å². The lowest BCUT2D eigenvalue weighted by atomic mass is 9.93. The first kappa shape index (κ1) is 12.0. The Hall–Kier alpha value is -1.52. The molecule has 17 heavy (non-hydrogen) atoms. The molecule has 1 aliphatic heterocycles. The second kappa shape index (κ2) is 5.21. The zero-order valence-corrected chi connectivity index (χ0v) is 9.80. The monoisotopic (exact) mass is 232 g/mol. The molecule has 1 aromatic heterocycles. The lowest BCUT2D eigenvalue weighted by molar-refractivity contribution is 0.254. The lowest BCUT2D eigenvalue weighted by Crippen LogP contribution is -2.06. The summed E-state index contributed by atoms with van der Waals surface area (Å²) in [5.74, 6) is 0.115. The lowest BCUT2D eigenvalue weighted by Gasteiger charge is -2.16. The number of aromatic nitrogens is 1. The number of pyridine rings is 1. The maximum atomic E-state index is 9.41. The van der Waals surface area contributed by atoms with Gasteiger partial charge >= 0.3 is 0 Å². The predicted octanol–water partition coefficient (Wildman–Crippen LogP) is 1.53. The zero-order valence-electron chi connectivity index (χ0n) is 9.80. The van der Waals surface area contributed by atoms with Gasteiger partial charge in [0.25, 0.3) is 0 Å². The van der Waals surface area contributed by atoms with Crippen LogP contribution in [-0.4, -0.2) is 21.4 Å². The summed E-state index contributed by atoms with van der Waals surface area (Å²) in [4.78, 5) is 8.38. The number of hydrogen-bond donors (Lipinski definition) is 2. The van der Waals surface area contributed by atoms with E-state index in [0.717, 1.165) is 17.7 Å². The third-order valence-corrected chi connectivity index (χ3v) is 3.07.